The number of phenolic OH excluding ortho intramolecular Hbond substituents is 1. The summed E-state index contributed by atoms with van der Waals surface area (Å²) in [6, 6.07) is 15.5. The first-order valence-electron chi connectivity index (χ1n) is 16.7. The van der Waals surface area contributed by atoms with Gasteiger partial charge in [-0.2, -0.15) is 0 Å². The molecule has 0 bridgehead atoms. The summed E-state index contributed by atoms with van der Waals surface area (Å²) >= 11 is 0. The predicted octanol–water partition coefficient (Wildman–Crippen LogP) is 5.89. The molecule has 2 fully saturated rings. The lowest BCUT2D eigenvalue weighted by Crippen LogP contribution is -2.42. The van der Waals surface area contributed by atoms with E-state index < -0.39 is 17.2 Å². The zero-order chi connectivity index (χ0) is 34.9. The van der Waals surface area contributed by atoms with Gasteiger partial charge in [0.25, 0.3) is 0 Å². The summed E-state index contributed by atoms with van der Waals surface area (Å²) in [5.41, 5.74) is 1.18. The molecule has 0 saturated heterocycles. The van der Waals surface area contributed by atoms with Crippen LogP contribution in [0.25, 0.3) is 0 Å². The number of aliphatic hydroxyl groups is 2. The van der Waals surface area contributed by atoms with Crippen LogP contribution in [0, 0.1) is 0 Å². The Balaban J connectivity index is 0.000000267. The Bertz CT molecular complexity index is 1170. The van der Waals surface area contributed by atoms with E-state index in [1.54, 1.807) is 19.2 Å². The van der Waals surface area contributed by atoms with Gasteiger partial charge in [0.1, 0.15) is 18.1 Å². The van der Waals surface area contributed by atoms with Gasteiger partial charge < -0.3 is 35.0 Å². The Labute approximate surface area is 281 Å². The van der Waals surface area contributed by atoms with E-state index in [0.717, 1.165) is 81.8 Å². The van der Waals surface area contributed by atoms with E-state index >= 15 is 0 Å². The number of carboxylic acids is 1. The Hall–Kier alpha value is -2.99. The number of hydrogen-bond acceptors (Lipinski definition) is 9. The Morgan fingerprint density at radius 1 is 0.766 bits per heavy atom. The van der Waals surface area contributed by atoms with Crippen molar-refractivity contribution in [1.29, 1.82) is 0 Å². The third-order valence-corrected chi connectivity index (χ3v) is 9.08. The highest BCUT2D eigenvalue weighted by molar-refractivity contribution is 5.79. The standard InChI is InChI=1S/C17H27NO2.C16H25NO2.C4H6O4/c1-18(2)13-16(17(19)11-5-4-6-12-17)14-7-9-15(20-3)10-8-14;1-17(2)12-15(13-6-8-14(18)9-7-13)16(19)10-4-3-5-11-16;5-4(6)2-1-3-8-7/h7-10,16,19H,4-6,11-13H2,1-3H3;6-9,15,18-19H,3-5,10-12H2,1-2H3;1-2,7H,3H2,(H,5,6)/b;;2-1+. The summed E-state index contributed by atoms with van der Waals surface area (Å²) in [6.07, 6.45) is 12.6. The van der Waals surface area contributed by atoms with Gasteiger partial charge in [0, 0.05) is 31.0 Å². The molecule has 0 aliphatic heterocycles. The highest BCUT2D eigenvalue weighted by atomic mass is 17.1. The highest BCUT2D eigenvalue weighted by Gasteiger charge is 2.40. The molecule has 4 rings (SSSR count). The van der Waals surface area contributed by atoms with Gasteiger partial charge >= 0.3 is 5.97 Å². The van der Waals surface area contributed by atoms with Crippen LogP contribution in [0.5, 0.6) is 11.5 Å². The van der Waals surface area contributed by atoms with Gasteiger partial charge in [-0.05, 0) is 95.3 Å². The molecule has 47 heavy (non-hydrogen) atoms. The molecule has 0 heterocycles. The fourth-order valence-electron chi connectivity index (χ4n) is 6.66. The van der Waals surface area contributed by atoms with E-state index in [4.69, 9.17) is 15.1 Å². The van der Waals surface area contributed by atoms with Crippen molar-refractivity contribution in [3.63, 3.8) is 0 Å². The van der Waals surface area contributed by atoms with Crippen molar-refractivity contribution in [3.05, 3.63) is 71.8 Å². The lowest BCUT2D eigenvalue weighted by atomic mass is 9.72. The van der Waals surface area contributed by atoms with E-state index in [2.05, 4.69) is 40.9 Å². The molecule has 2 saturated carbocycles. The molecule has 264 valence electrons. The first-order valence-corrected chi connectivity index (χ1v) is 16.7. The molecule has 2 aliphatic carbocycles. The van der Waals surface area contributed by atoms with Crippen LogP contribution in [-0.2, 0) is 9.68 Å². The number of aromatic hydroxyl groups is 1. The van der Waals surface area contributed by atoms with Crippen LogP contribution in [0.15, 0.2) is 60.7 Å². The number of carboxylic acid groups (broad SMARTS) is 1. The van der Waals surface area contributed by atoms with Gasteiger partial charge in [0.15, 0.2) is 0 Å². The molecule has 0 radical (unpaired) electrons. The second-order valence-electron chi connectivity index (χ2n) is 13.4. The summed E-state index contributed by atoms with van der Waals surface area (Å²) in [5, 5.41) is 47.1. The average Bonchev–Trinajstić information content (AvgIpc) is 3.04. The second kappa shape index (κ2) is 20.4. The third-order valence-electron chi connectivity index (χ3n) is 9.08. The van der Waals surface area contributed by atoms with Crippen molar-refractivity contribution in [1.82, 2.24) is 9.80 Å². The molecule has 0 aromatic heterocycles. The van der Waals surface area contributed by atoms with Crippen LogP contribution in [0.3, 0.4) is 0 Å². The summed E-state index contributed by atoms with van der Waals surface area (Å²) in [6.45, 7) is 1.62. The highest BCUT2D eigenvalue weighted by Crippen LogP contribution is 2.41. The fraction of sp³-hybridized carbons (Fsp3) is 0.595. The molecule has 2 atom stereocenters. The van der Waals surface area contributed by atoms with E-state index in [1.165, 1.54) is 24.5 Å². The zero-order valence-electron chi connectivity index (χ0n) is 29.0. The largest absolute Gasteiger partial charge is 0.508 e. The third kappa shape index (κ3) is 13.9. The minimum atomic E-state index is -1.05. The van der Waals surface area contributed by atoms with Crippen LogP contribution >= 0.6 is 0 Å². The summed E-state index contributed by atoms with van der Waals surface area (Å²) in [4.78, 5) is 17.5. The molecule has 2 aliphatic rings. The van der Waals surface area contributed by atoms with Gasteiger partial charge in [-0.1, -0.05) is 62.8 Å². The van der Waals surface area contributed by atoms with Crippen molar-refractivity contribution in [2.45, 2.75) is 87.2 Å². The molecule has 5 N–H and O–H groups in total. The van der Waals surface area contributed by atoms with Crippen molar-refractivity contribution < 1.29 is 40.1 Å². The number of phenols is 1. The molecular formula is C37H58N2O8. The summed E-state index contributed by atoms with van der Waals surface area (Å²) in [5.74, 6) is 0.380. The molecular weight excluding hydrogens is 600 g/mol. The molecule has 10 nitrogen and oxygen atoms in total. The number of carbonyl (C=O) groups is 1. The van der Waals surface area contributed by atoms with Gasteiger partial charge in [0.05, 0.1) is 18.3 Å². The van der Waals surface area contributed by atoms with E-state index in [1.807, 2.05) is 38.4 Å². The monoisotopic (exact) mass is 658 g/mol. The van der Waals surface area contributed by atoms with Crippen molar-refractivity contribution in [2.24, 2.45) is 0 Å². The van der Waals surface area contributed by atoms with Crippen LogP contribution in [0.2, 0.25) is 0 Å². The quantitative estimate of drug-likeness (QED) is 0.107. The maximum atomic E-state index is 11.1. The average molecular weight is 659 g/mol. The van der Waals surface area contributed by atoms with Crippen LogP contribution in [0.4, 0.5) is 0 Å². The smallest absolute Gasteiger partial charge is 0.328 e. The zero-order valence-corrected chi connectivity index (χ0v) is 29.0. The second-order valence-corrected chi connectivity index (χ2v) is 13.4. The number of hydrogen-bond donors (Lipinski definition) is 5. The van der Waals surface area contributed by atoms with Gasteiger partial charge in [-0.25, -0.2) is 9.68 Å². The Morgan fingerprint density at radius 2 is 1.17 bits per heavy atom. The lowest BCUT2D eigenvalue weighted by molar-refractivity contribution is -0.231. The number of benzene rings is 2. The first-order chi connectivity index (χ1) is 22.3. The van der Waals surface area contributed by atoms with E-state index in [0.29, 0.717) is 0 Å². The minimum Gasteiger partial charge on any atom is -0.508 e. The maximum absolute atomic E-state index is 11.1. The van der Waals surface area contributed by atoms with Gasteiger partial charge in [-0.3, -0.25) is 5.26 Å². The molecule has 2 unspecified atom stereocenters. The fourth-order valence-corrected chi connectivity index (χ4v) is 6.66. The molecule has 2 aromatic rings. The lowest BCUT2D eigenvalue weighted by Gasteiger charge is -2.40. The Kier molecular flexibility index (Phi) is 17.4. The van der Waals surface area contributed by atoms with Crippen molar-refractivity contribution in [2.75, 3.05) is 55.0 Å². The van der Waals surface area contributed by atoms with Crippen LogP contribution < -0.4 is 4.74 Å². The summed E-state index contributed by atoms with van der Waals surface area (Å²) < 4.78 is 5.23. The molecule has 10 heteroatoms. The maximum Gasteiger partial charge on any atom is 0.328 e. The van der Waals surface area contributed by atoms with Crippen molar-refractivity contribution in [3.8, 4) is 11.5 Å². The van der Waals surface area contributed by atoms with Gasteiger partial charge in [-0.15, -0.1) is 0 Å². The Morgan fingerprint density at radius 3 is 1.51 bits per heavy atom. The number of methoxy groups -OCH3 is 1. The van der Waals surface area contributed by atoms with E-state index in [-0.39, 0.29) is 24.2 Å². The molecule has 0 amide bonds. The van der Waals surface area contributed by atoms with Crippen LogP contribution in [0.1, 0.15) is 87.2 Å². The molecule has 0 spiro atoms. The normalized spacial score (nSPS) is 18.4. The minimum absolute atomic E-state index is 0.0910. The predicted molar refractivity (Wildman–Crippen MR) is 185 cm³/mol. The van der Waals surface area contributed by atoms with E-state index in [9.17, 15) is 20.1 Å². The number of aliphatic carboxylic acids is 1. The summed E-state index contributed by atoms with van der Waals surface area (Å²) in [7, 11) is 9.91. The number of rotatable bonds is 12. The number of likely N-dealkylation sites (N-methyl/N-ethyl adjacent to an activating group) is 2. The van der Waals surface area contributed by atoms with Crippen molar-refractivity contribution >= 4 is 5.97 Å². The first kappa shape index (κ1) is 40.2. The topological polar surface area (TPSA) is 143 Å². The SMILES string of the molecule is CN(C)CC(c1ccc(O)cc1)C1(O)CCCCC1.COc1ccc(C(CN(C)C)C2(O)CCCCC2)cc1.O=C(O)/C=C/COO. The molecule has 2 aromatic carbocycles. The van der Waals surface area contributed by atoms with Gasteiger partial charge in [0.2, 0.25) is 0 Å². The van der Waals surface area contributed by atoms with Crippen LogP contribution in [-0.4, -0.2) is 108 Å². The number of ether oxygens (including phenoxy) is 1. The number of nitrogens with zero attached hydrogens (tertiary/aromatic N) is 2.